The maximum atomic E-state index is 3.88. The fourth-order valence-electron chi connectivity index (χ4n) is 4.99. The van der Waals surface area contributed by atoms with Gasteiger partial charge in [0.15, 0.2) is 12.4 Å². The number of halogens is 2. The fraction of sp³-hybridized carbons (Fsp3) is 0.450. The molecule has 240 valence electrons. The Labute approximate surface area is 288 Å². The van der Waals surface area contributed by atoms with E-state index in [9.17, 15) is 0 Å². The summed E-state index contributed by atoms with van der Waals surface area (Å²) in [5, 5.41) is 1.16. The van der Waals surface area contributed by atoms with Gasteiger partial charge in [-0.05, 0) is 81.2 Å². The van der Waals surface area contributed by atoms with Gasteiger partial charge in [-0.1, -0.05) is 128 Å². The molecule has 0 unspecified atom stereocenters. The SMILES string of the molecule is BrCCCCCCCCc1ccccc1.Cc1ccc[n+](CCCCCCCCc2ccccc2)c1.Cc1cccnc1.[Br-]. The maximum Gasteiger partial charge on any atom is 0.171 e. The molecule has 2 aromatic heterocycles. The number of benzene rings is 2. The van der Waals surface area contributed by atoms with E-state index in [-0.39, 0.29) is 17.0 Å². The summed E-state index contributed by atoms with van der Waals surface area (Å²) >= 11 is 3.46. The third kappa shape index (κ3) is 22.2. The van der Waals surface area contributed by atoms with Crippen molar-refractivity contribution in [2.75, 3.05) is 5.33 Å². The zero-order chi connectivity index (χ0) is 30.6. The molecule has 0 fully saturated rings. The second kappa shape index (κ2) is 28.2. The predicted molar refractivity (Wildman–Crippen MR) is 190 cm³/mol. The van der Waals surface area contributed by atoms with Crippen molar-refractivity contribution in [3.63, 3.8) is 0 Å². The van der Waals surface area contributed by atoms with Crippen molar-refractivity contribution in [2.45, 2.75) is 110 Å². The van der Waals surface area contributed by atoms with Crippen LogP contribution in [0.15, 0.2) is 110 Å². The molecule has 4 heteroatoms. The Bertz CT molecular complexity index is 1150. The number of rotatable bonds is 17. The van der Waals surface area contributed by atoms with Crippen molar-refractivity contribution in [3.05, 3.63) is 132 Å². The van der Waals surface area contributed by atoms with Crippen LogP contribution in [0.2, 0.25) is 0 Å². The summed E-state index contributed by atoms with van der Waals surface area (Å²) in [7, 11) is 0. The molecular formula is C40H56Br2N2. The topological polar surface area (TPSA) is 16.8 Å². The zero-order valence-electron chi connectivity index (χ0n) is 27.4. The van der Waals surface area contributed by atoms with E-state index in [1.54, 1.807) is 6.20 Å². The van der Waals surface area contributed by atoms with E-state index in [2.05, 4.69) is 118 Å². The van der Waals surface area contributed by atoms with Crippen molar-refractivity contribution in [1.82, 2.24) is 4.98 Å². The van der Waals surface area contributed by atoms with Crippen LogP contribution < -0.4 is 21.5 Å². The molecular weight excluding hydrogens is 668 g/mol. The standard InChI is InChI=1S/C20H28N.C14H21Br.C6H7N.BrH/c1-19-12-11-17-21(18-19)16-10-5-3-2-4-7-13-20-14-8-6-9-15-20;15-13-9-4-2-1-3-6-10-14-11-7-5-8-12-14;1-6-3-2-4-7-5-6;/h6,8-9,11-12,14-15,17-18H,2-5,7,10,13,16H2,1H3;5,7-8,11-12H,1-4,6,9-10,13H2;2-5H,1H3;1H/q+1;;;/p-1. The molecule has 0 aliphatic rings. The highest BCUT2D eigenvalue weighted by Gasteiger charge is 2.00. The molecule has 0 bridgehead atoms. The number of pyridine rings is 2. The second-order valence-electron chi connectivity index (χ2n) is 11.6. The molecule has 0 radical (unpaired) electrons. The Balaban J connectivity index is 0.000000366. The average molecular weight is 725 g/mol. The van der Waals surface area contributed by atoms with Gasteiger partial charge in [-0.2, -0.15) is 0 Å². The zero-order valence-corrected chi connectivity index (χ0v) is 30.5. The van der Waals surface area contributed by atoms with Crippen molar-refractivity contribution >= 4 is 15.9 Å². The Morgan fingerprint density at radius 1 is 0.545 bits per heavy atom. The van der Waals surface area contributed by atoms with Gasteiger partial charge in [-0.3, -0.25) is 4.98 Å². The first kappa shape index (κ1) is 39.7. The molecule has 0 atom stereocenters. The van der Waals surface area contributed by atoms with Gasteiger partial charge < -0.3 is 17.0 Å². The molecule has 0 aliphatic heterocycles. The van der Waals surface area contributed by atoms with Crippen LogP contribution in [-0.4, -0.2) is 10.3 Å². The third-order valence-electron chi connectivity index (χ3n) is 7.48. The Kier molecular flexibility index (Phi) is 25.5. The third-order valence-corrected chi connectivity index (χ3v) is 8.04. The minimum Gasteiger partial charge on any atom is -1.00 e. The van der Waals surface area contributed by atoms with Gasteiger partial charge in [-0.25, -0.2) is 4.57 Å². The number of nitrogens with zero attached hydrogens (tertiary/aromatic N) is 2. The van der Waals surface area contributed by atoms with E-state index >= 15 is 0 Å². The van der Waals surface area contributed by atoms with Gasteiger partial charge in [-0.15, -0.1) is 0 Å². The van der Waals surface area contributed by atoms with Crippen LogP contribution in [0, 0.1) is 13.8 Å². The number of unbranched alkanes of at least 4 members (excludes halogenated alkanes) is 10. The lowest BCUT2D eigenvalue weighted by atomic mass is 10.0. The molecule has 44 heavy (non-hydrogen) atoms. The highest BCUT2D eigenvalue weighted by molar-refractivity contribution is 9.09. The molecule has 0 saturated heterocycles. The highest BCUT2D eigenvalue weighted by Crippen LogP contribution is 2.11. The summed E-state index contributed by atoms with van der Waals surface area (Å²) in [6.07, 6.45) is 26.9. The molecule has 2 nitrogen and oxygen atoms in total. The molecule has 4 aromatic rings. The van der Waals surface area contributed by atoms with Crippen LogP contribution in [-0.2, 0) is 19.4 Å². The van der Waals surface area contributed by atoms with E-state index in [1.165, 1.54) is 112 Å². The molecule has 4 rings (SSSR count). The molecule has 2 aromatic carbocycles. The maximum absolute atomic E-state index is 3.88. The van der Waals surface area contributed by atoms with Crippen molar-refractivity contribution in [3.8, 4) is 0 Å². The summed E-state index contributed by atoms with van der Waals surface area (Å²) in [5.41, 5.74) is 5.52. The quantitative estimate of drug-likeness (QED) is 0.0610. The van der Waals surface area contributed by atoms with Gasteiger partial charge >= 0.3 is 0 Å². The Hall–Kier alpha value is -2.30. The summed E-state index contributed by atoms with van der Waals surface area (Å²) in [4.78, 5) is 3.88. The molecule has 2 heterocycles. The number of hydrogen-bond donors (Lipinski definition) is 0. The van der Waals surface area contributed by atoms with Crippen LogP contribution in [0.5, 0.6) is 0 Å². The number of aryl methyl sites for hydroxylation is 5. The summed E-state index contributed by atoms with van der Waals surface area (Å²) < 4.78 is 2.31. The van der Waals surface area contributed by atoms with Crippen molar-refractivity contribution in [1.29, 1.82) is 0 Å². The van der Waals surface area contributed by atoms with Crippen LogP contribution >= 0.6 is 15.9 Å². The lowest BCUT2D eigenvalue weighted by Gasteiger charge is -2.02. The first-order valence-electron chi connectivity index (χ1n) is 16.6. The lowest BCUT2D eigenvalue weighted by molar-refractivity contribution is -0.697. The largest absolute Gasteiger partial charge is 1.00 e. The monoisotopic (exact) mass is 722 g/mol. The molecule has 0 N–H and O–H groups in total. The van der Waals surface area contributed by atoms with Crippen molar-refractivity contribution < 1.29 is 21.5 Å². The predicted octanol–water partition coefficient (Wildman–Crippen LogP) is 8.22. The van der Waals surface area contributed by atoms with E-state index in [4.69, 9.17) is 0 Å². The van der Waals surface area contributed by atoms with E-state index in [1.807, 2.05) is 25.3 Å². The van der Waals surface area contributed by atoms with Crippen LogP contribution in [0.25, 0.3) is 0 Å². The smallest absolute Gasteiger partial charge is 0.171 e. The van der Waals surface area contributed by atoms with Crippen LogP contribution in [0.1, 0.15) is 99.3 Å². The van der Waals surface area contributed by atoms with Crippen LogP contribution in [0.4, 0.5) is 0 Å². The van der Waals surface area contributed by atoms with Crippen molar-refractivity contribution in [2.24, 2.45) is 0 Å². The Morgan fingerprint density at radius 2 is 1.05 bits per heavy atom. The molecule has 0 spiro atoms. The van der Waals surface area contributed by atoms with Gasteiger partial charge in [0.1, 0.15) is 6.54 Å². The van der Waals surface area contributed by atoms with Crippen LogP contribution in [0.3, 0.4) is 0 Å². The van der Waals surface area contributed by atoms with E-state index in [0.29, 0.717) is 0 Å². The van der Waals surface area contributed by atoms with E-state index < -0.39 is 0 Å². The number of aromatic nitrogens is 2. The molecule has 0 aliphatic carbocycles. The lowest BCUT2D eigenvalue weighted by Crippen LogP contribution is -3.00. The first-order chi connectivity index (χ1) is 21.2. The number of hydrogen-bond acceptors (Lipinski definition) is 1. The number of alkyl halides is 1. The van der Waals surface area contributed by atoms with E-state index in [0.717, 1.165) is 11.9 Å². The second-order valence-corrected chi connectivity index (χ2v) is 12.3. The summed E-state index contributed by atoms with van der Waals surface area (Å²) in [6, 6.07) is 29.9. The highest BCUT2D eigenvalue weighted by atomic mass is 79.9. The summed E-state index contributed by atoms with van der Waals surface area (Å²) in [5.74, 6) is 0. The average Bonchev–Trinajstić information content (AvgIpc) is 3.04. The first-order valence-corrected chi connectivity index (χ1v) is 17.8. The minimum atomic E-state index is 0. The van der Waals surface area contributed by atoms with Gasteiger partial charge in [0, 0.05) is 35.8 Å². The van der Waals surface area contributed by atoms with Gasteiger partial charge in [0.2, 0.25) is 0 Å². The Morgan fingerprint density at radius 3 is 1.50 bits per heavy atom. The normalized spacial score (nSPS) is 10.1. The fourth-order valence-corrected chi connectivity index (χ4v) is 5.39. The minimum absolute atomic E-state index is 0. The molecule has 0 saturated carbocycles. The van der Waals surface area contributed by atoms with Gasteiger partial charge in [0.05, 0.1) is 0 Å². The molecule has 0 amide bonds. The van der Waals surface area contributed by atoms with Gasteiger partial charge in [0.25, 0.3) is 0 Å². The summed E-state index contributed by atoms with van der Waals surface area (Å²) in [6.45, 7) is 5.34.